The lowest BCUT2D eigenvalue weighted by molar-refractivity contribution is -0.159. The van der Waals surface area contributed by atoms with E-state index in [1.807, 2.05) is 30.3 Å². The quantitative estimate of drug-likeness (QED) is 0.848. The Kier molecular flexibility index (Phi) is 3.78. The molecule has 1 N–H and O–H groups in total. The van der Waals surface area contributed by atoms with Crippen LogP contribution in [0.15, 0.2) is 30.3 Å². The van der Waals surface area contributed by atoms with Crippen LogP contribution in [0.1, 0.15) is 45.1 Å². The van der Waals surface area contributed by atoms with Gasteiger partial charge in [-0.3, -0.25) is 29.4 Å². The Balaban J connectivity index is 2.03. The molecule has 2 heterocycles. The molecular weight excluding hydrogens is 308 g/mol. The van der Waals surface area contributed by atoms with Crippen molar-refractivity contribution in [3.8, 4) is 0 Å². The predicted molar refractivity (Wildman–Crippen MR) is 85.7 cm³/mol. The van der Waals surface area contributed by atoms with Gasteiger partial charge >= 0.3 is 0 Å². The van der Waals surface area contributed by atoms with Crippen LogP contribution >= 0.6 is 0 Å². The molecule has 4 amide bonds. The van der Waals surface area contributed by atoms with E-state index in [0.29, 0.717) is 0 Å². The van der Waals surface area contributed by atoms with Crippen molar-refractivity contribution in [2.75, 3.05) is 0 Å². The molecule has 2 saturated heterocycles. The van der Waals surface area contributed by atoms with Gasteiger partial charge in [-0.15, -0.1) is 0 Å². The van der Waals surface area contributed by atoms with E-state index in [1.165, 1.54) is 0 Å². The second-order valence-electron chi connectivity index (χ2n) is 6.67. The molecule has 6 nitrogen and oxygen atoms in total. The summed E-state index contributed by atoms with van der Waals surface area (Å²) < 4.78 is 0. The lowest BCUT2D eigenvalue weighted by Crippen LogP contribution is -2.64. The van der Waals surface area contributed by atoms with Gasteiger partial charge in [0.15, 0.2) is 0 Å². The van der Waals surface area contributed by atoms with Gasteiger partial charge in [-0.05, 0) is 25.3 Å². The van der Waals surface area contributed by atoms with Crippen LogP contribution in [0.25, 0.3) is 0 Å². The van der Waals surface area contributed by atoms with Crippen molar-refractivity contribution >= 4 is 23.6 Å². The number of benzene rings is 1. The maximum atomic E-state index is 13.2. The number of nitrogens with zero attached hydrogens (tertiary/aromatic N) is 1. The van der Waals surface area contributed by atoms with E-state index in [1.54, 1.807) is 13.8 Å². The van der Waals surface area contributed by atoms with E-state index < -0.39 is 16.9 Å². The van der Waals surface area contributed by atoms with Crippen LogP contribution in [0.2, 0.25) is 0 Å². The molecule has 2 unspecified atom stereocenters. The lowest BCUT2D eigenvalue weighted by Gasteiger charge is -2.41. The maximum absolute atomic E-state index is 13.2. The maximum Gasteiger partial charge on any atom is 0.253 e. The first-order valence-corrected chi connectivity index (χ1v) is 8.12. The summed E-state index contributed by atoms with van der Waals surface area (Å²) in [4.78, 5) is 51.0. The first kappa shape index (κ1) is 16.4. The van der Waals surface area contributed by atoms with Gasteiger partial charge < -0.3 is 0 Å². The van der Waals surface area contributed by atoms with Gasteiger partial charge in [-0.1, -0.05) is 37.3 Å². The van der Waals surface area contributed by atoms with E-state index in [2.05, 4.69) is 5.32 Å². The molecule has 2 fully saturated rings. The van der Waals surface area contributed by atoms with Crippen LogP contribution in [-0.4, -0.2) is 34.1 Å². The van der Waals surface area contributed by atoms with Gasteiger partial charge in [0.05, 0.1) is 5.41 Å². The first-order valence-electron chi connectivity index (χ1n) is 8.12. The Labute approximate surface area is 140 Å². The molecule has 0 aromatic heterocycles. The molecule has 2 aliphatic rings. The van der Waals surface area contributed by atoms with Crippen LogP contribution < -0.4 is 5.32 Å². The van der Waals surface area contributed by atoms with E-state index >= 15 is 0 Å². The molecule has 2 atom stereocenters. The van der Waals surface area contributed by atoms with Crippen molar-refractivity contribution in [2.24, 2.45) is 0 Å². The van der Waals surface area contributed by atoms with Gasteiger partial charge in [0.2, 0.25) is 17.7 Å². The number of likely N-dealkylation sites (tertiary alicyclic amines) is 1. The summed E-state index contributed by atoms with van der Waals surface area (Å²) in [6.45, 7) is 3.49. The number of piperidine rings is 1. The highest BCUT2D eigenvalue weighted by Gasteiger charge is 2.59. The summed E-state index contributed by atoms with van der Waals surface area (Å²) in [7, 11) is 0. The molecule has 0 spiro atoms. The zero-order valence-electron chi connectivity index (χ0n) is 13.8. The van der Waals surface area contributed by atoms with Crippen molar-refractivity contribution < 1.29 is 19.2 Å². The first-order chi connectivity index (χ1) is 11.3. The number of nitrogens with one attached hydrogen (secondary N) is 1. The van der Waals surface area contributed by atoms with Crippen LogP contribution in [0, 0.1) is 0 Å². The molecule has 0 saturated carbocycles. The third kappa shape index (κ3) is 2.17. The third-order valence-corrected chi connectivity index (χ3v) is 5.29. The molecule has 0 aliphatic carbocycles. The Hall–Kier alpha value is -2.50. The highest BCUT2D eigenvalue weighted by atomic mass is 16.2. The van der Waals surface area contributed by atoms with Crippen molar-refractivity contribution in [3.05, 3.63) is 35.9 Å². The highest BCUT2D eigenvalue weighted by Crippen LogP contribution is 2.42. The summed E-state index contributed by atoms with van der Waals surface area (Å²) in [5.41, 5.74) is -1.50. The van der Waals surface area contributed by atoms with E-state index in [-0.39, 0.29) is 43.4 Å². The minimum absolute atomic E-state index is 0.0266. The number of amides is 4. The number of hydrogen-bond donors (Lipinski definition) is 1. The molecule has 6 heteroatoms. The predicted octanol–water partition coefficient (Wildman–Crippen LogP) is 1.29. The van der Waals surface area contributed by atoms with Crippen molar-refractivity contribution in [3.63, 3.8) is 0 Å². The van der Waals surface area contributed by atoms with Gasteiger partial charge in [-0.25, -0.2) is 0 Å². The summed E-state index contributed by atoms with van der Waals surface area (Å²) in [5.74, 6) is -1.66. The molecule has 3 rings (SSSR count). The Morgan fingerprint density at radius 1 is 1.12 bits per heavy atom. The van der Waals surface area contributed by atoms with E-state index in [0.717, 1.165) is 10.5 Å². The molecule has 1 aromatic rings. The van der Waals surface area contributed by atoms with Gasteiger partial charge in [0.1, 0.15) is 5.54 Å². The molecule has 2 aliphatic heterocycles. The van der Waals surface area contributed by atoms with Crippen LogP contribution in [0.4, 0.5) is 0 Å². The average Bonchev–Trinajstić information content (AvgIpc) is 2.80. The van der Waals surface area contributed by atoms with Gasteiger partial charge in [-0.2, -0.15) is 0 Å². The lowest BCUT2D eigenvalue weighted by atomic mass is 9.80. The Morgan fingerprint density at radius 3 is 2.38 bits per heavy atom. The number of rotatable bonds is 3. The average molecular weight is 328 g/mol. The minimum Gasteiger partial charge on any atom is -0.294 e. The van der Waals surface area contributed by atoms with Crippen LogP contribution in [-0.2, 0) is 24.6 Å². The van der Waals surface area contributed by atoms with Crippen molar-refractivity contribution in [2.45, 2.75) is 50.5 Å². The fourth-order valence-corrected chi connectivity index (χ4v) is 3.73. The van der Waals surface area contributed by atoms with Crippen molar-refractivity contribution in [1.82, 2.24) is 10.2 Å². The van der Waals surface area contributed by atoms with Crippen molar-refractivity contribution in [1.29, 1.82) is 0 Å². The number of hydrogen-bond acceptors (Lipinski definition) is 4. The third-order valence-electron chi connectivity index (χ3n) is 5.29. The SMILES string of the molecule is CCC1(N2C(=O)CC(C)(c3ccccc3)C2=O)CCC(=O)NC1=O. The van der Waals surface area contributed by atoms with E-state index in [9.17, 15) is 19.2 Å². The second kappa shape index (κ2) is 5.54. The fraction of sp³-hybridized carbons (Fsp3) is 0.444. The zero-order chi connectivity index (χ0) is 17.5. The zero-order valence-corrected chi connectivity index (χ0v) is 13.8. The molecule has 0 bridgehead atoms. The van der Waals surface area contributed by atoms with Gasteiger partial charge in [0, 0.05) is 12.8 Å². The summed E-state index contributed by atoms with van der Waals surface area (Å²) in [5, 5.41) is 2.28. The number of imide groups is 2. The second-order valence-corrected chi connectivity index (χ2v) is 6.67. The normalized spacial score (nSPS) is 30.7. The number of carbonyl (C=O) groups is 4. The highest BCUT2D eigenvalue weighted by molar-refractivity contribution is 6.14. The summed E-state index contributed by atoms with van der Waals surface area (Å²) in [6.07, 6.45) is 0.614. The van der Waals surface area contributed by atoms with Crippen LogP contribution in [0.5, 0.6) is 0 Å². The minimum atomic E-state index is -1.27. The van der Waals surface area contributed by atoms with E-state index in [4.69, 9.17) is 0 Å². The fourth-order valence-electron chi connectivity index (χ4n) is 3.73. The topological polar surface area (TPSA) is 83.6 Å². The molecule has 0 radical (unpaired) electrons. The Morgan fingerprint density at radius 2 is 1.79 bits per heavy atom. The standard InChI is InChI=1S/C18H20N2O4/c1-3-18(10-9-13(21)19-15(18)23)20-14(22)11-17(2,16(20)24)12-7-5-4-6-8-12/h4-8H,3,9-11H2,1-2H3,(H,19,21,23). The molecule has 126 valence electrons. The summed E-state index contributed by atoms with van der Waals surface area (Å²) in [6, 6.07) is 9.13. The molecule has 24 heavy (non-hydrogen) atoms. The number of carbonyl (C=O) groups excluding carboxylic acids is 4. The van der Waals surface area contributed by atoms with Crippen LogP contribution in [0.3, 0.4) is 0 Å². The molecule has 1 aromatic carbocycles. The Bertz CT molecular complexity index is 730. The monoisotopic (exact) mass is 328 g/mol. The smallest absolute Gasteiger partial charge is 0.253 e. The molecular formula is C18H20N2O4. The largest absolute Gasteiger partial charge is 0.294 e. The summed E-state index contributed by atoms with van der Waals surface area (Å²) >= 11 is 0. The van der Waals surface area contributed by atoms with Gasteiger partial charge in [0.25, 0.3) is 5.91 Å².